The summed E-state index contributed by atoms with van der Waals surface area (Å²) >= 11 is 0. The Hall–Kier alpha value is -1.55. The fourth-order valence-corrected chi connectivity index (χ4v) is 2.29. The van der Waals surface area contributed by atoms with Gasteiger partial charge in [-0.2, -0.15) is 0 Å². The van der Waals surface area contributed by atoms with E-state index in [0.29, 0.717) is 19.1 Å². The number of hydrogen-bond donors (Lipinski definition) is 2. The molecule has 104 valence electrons. The zero-order valence-electron chi connectivity index (χ0n) is 11.4. The maximum absolute atomic E-state index is 12.1. The Balaban J connectivity index is 1.91. The predicted molar refractivity (Wildman–Crippen MR) is 74.9 cm³/mol. The largest absolute Gasteiger partial charge is 0.395 e. The highest BCUT2D eigenvalue weighted by atomic mass is 16.3. The first-order valence-electron chi connectivity index (χ1n) is 6.98. The molecule has 0 aliphatic heterocycles. The summed E-state index contributed by atoms with van der Waals surface area (Å²) in [7, 11) is 0. The topological polar surface area (TPSA) is 52.6 Å². The number of hydrogen-bond acceptors (Lipinski definition) is 2. The number of nitrogens with zero attached hydrogens (tertiary/aromatic N) is 1. The molecule has 2 amide bonds. The number of aliphatic hydroxyl groups is 1. The zero-order chi connectivity index (χ0) is 13.7. The van der Waals surface area contributed by atoms with E-state index in [0.717, 1.165) is 24.8 Å². The van der Waals surface area contributed by atoms with Gasteiger partial charge in [0, 0.05) is 19.1 Å². The molecule has 0 spiro atoms. The molecule has 1 aliphatic carbocycles. The van der Waals surface area contributed by atoms with Crippen LogP contribution in [0.4, 0.5) is 4.79 Å². The van der Waals surface area contributed by atoms with Crippen LogP contribution in [0.5, 0.6) is 0 Å². The molecule has 1 aromatic rings. The summed E-state index contributed by atoms with van der Waals surface area (Å²) in [6, 6.07) is 8.41. The second-order valence-corrected chi connectivity index (χ2v) is 4.93. The fraction of sp³-hybridized carbons (Fsp3) is 0.533. The molecule has 2 rings (SSSR count). The summed E-state index contributed by atoms with van der Waals surface area (Å²) in [6.45, 7) is 3.11. The minimum atomic E-state index is -0.0672. The van der Waals surface area contributed by atoms with Crippen molar-refractivity contribution in [1.82, 2.24) is 10.2 Å². The van der Waals surface area contributed by atoms with E-state index < -0.39 is 0 Å². The van der Waals surface area contributed by atoms with Gasteiger partial charge in [-0.3, -0.25) is 0 Å². The smallest absolute Gasteiger partial charge is 0.317 e. The molecule has 2 N–H and O–H groups in total. The number of aliphatic hydroxyl groups excluding tert-OH is 1. The van der Waals surface area contributed by atoms with E-state index >= 15 is 0 Å². The van der Waals surface area contributed by atoms with Gasteiger partial charge in [0.15, 0.2) is 0 Å². The second-order valence-electron chi connectivity index (χ2n) is 4.93. The number of carbonyl (C=O) groups is 1. The molecule has 1 fully saturated rings. The van der Waals surface area contributed by atoms with Crippen molar-refractivity contribution in [1.29, 1.82) is 0 Å². The van der Waals surface area contributed by atoms with Crippen molar-refractivity contribution in [2.24, 2.45) is 0 Å². The molecule has 0 heterocycles. The Morgan fingerprint density at radius 3 is 2.63 bits per heavy atom. The lowest BCUT2D eigenvalue weighted by Crippen LogP contribution is -2.42. The van der Waals surface area contributed by atoms with Crippen LogP contribution in [0.1, 0.15) is 30.9 Å². The second kappa shape index (κ2) is 6.57. The first-order chi connectivity index (χ1) is 9.26. The molecule has 0 bridgehead atoms. The van der Waals surface area contributed by atoms with Crippen molar-refractivity contribution < 1.29 is 9.90 Å². The van der Waals surface area contributed by atoms with E-state index in [1.807, 2.05) is 18.2 Å². The lowest BCUT2D eigenvalue weighted by Gasteiger charge is -2.22. The summed E-state index contributed by atoms with van der Waals surface area (Å²) in [6.07, 6.45) is 3.08. The molecule has 19 heavy (non-hydrogen) atoms. The molecule has 0 unspecified atom stereocenters. The maximum Gasteiger partial charge on any atom is 0.317 e. The fourth-order valence-electron chi connectivity index (χ4n) is 2.29. The molecular formula is C15H22N2O2. The van der Waals surface area contributed by atoms with Crippen molar-refractivity contribution in [3.05, 3.63) is 35.4 Å². The normalized spacial score (nSPS) is 14.2. The number of rotatable bonds is 6. The van der Waals surface area contributed by atoms with Gasteiger partial charge in [-0.05, 0) is 30.4 Å². The minimum absolute atomic E-state index is 0.0233. The summed E-state index contributed by atoms with van der Waals surface area (Å²) in [5.74, 6) is 0. The van der Waals surface area contributed by atoms with Gasteiger partial charge >= 0.3 is 6.03 Å². The molecule has 1 aliphatic rings. The van der Waals surface area contributed by atoms with Crippen LogP contribution in [0.15, 0.2) is 24.3 Å². The number of nitrogens with one attached hydrogen (secondary N) is 1. The van der Waals surface area contributed by atoms with E-state index in [2.05, 4.69) is 18.3 Å². The summed E-state index contributed by atoms with van der Waals surface area (Å²) in [5.41, 5.74) is 2.43. The SMILES string of the molecule is CCc1ccccc1CNC(=O)N(CCO)C1CC1. The number of urea groups is 1. The Bertz CT molecular complexity index is 430. The van der Waals surface area contributed by atoms with Crippen LogP contribution in [-0.4, -0.2) is 35.2 Å². The first-order valence-corrected chi connectivity index (χ1v) is 6.98. The van der Waals surface area contributed by atoms with Crippen LogP contribution < -0.4 is 5.32 Å². The summed E-state index contributed by atoms with van der Waals surface area (Å²) < 4.78 is 0. The van der Waals surface area contributed by atoms with Crippen molar-refractivity contribution in [2.75, 3.05) is 13.2 Å². The van der Waals surface area contributed by atoms with E-state index in [-0.39, 0.29) is 12.6 Å². The monoisotopic (exact) mass is 262 g/mol. The van der Waals surface area contributed by atoms with Gasteiger partial charge < -0.3 is 15.3 Å². The Morgan fingerprint density at radius 2 is 2.05 bits per heavy atom. The van der Waals surface area contributed by atoms with Crippen LogP contribution in [0.25, 0.3) is 0 Å². The van der Waals surface area contributed by atoms with Crippen LogP contribution in [0.2, 0.25) is 0 Å². The van der Waals surface area contributed by atoms with Gasteiger partial charge in [0.05, 0.1) is 6.61 Å². The number of carbonyl (C=O) groups excluding carboxylic acids is 1. The molecule has 4 nitrogen and oxygen atoms in total. The van der Waals surface area contributed by atoms with Gasteiger partial charge in [0.2, 0.25) is 0 Å². The van der Waals surface area contributed by atoms with Crippen molar-refractivity contribution >= 4 is 6.03 Å². The average molecular weight is 262 g/mol. The highest BCUT2D eigenvalue weighted by Crippen LogP contribution is 2.26. The van der Waals surface area contributed by atoms with Gasteiger partial charge in [0.1, 0.15) is 0 Å². The van der Waals surface area contributed by atoms with E-state index in [1.54, 1.807) is 4.90 Å². The Labute approximate surface area is 114 Å². The molecular weight excluding hydrogens is 240 g/mol. The molecule has 0 radical (unpaired) electrons. The highest BCUT2D eigenvalue weighted by molar-refractivity contribution is 5.75. The number of amides is 2. The number of benzene rings is 1. The Morgan fingerprint density at radius 1 is 1.37 bits per heavy atom. The van der Waals surface area contributed by atoms with Crippen molar-refractivity contribution in [2.45, 2.75) is 38.8 Å². The lowest BCUT2D eigenvalue weighted by molar-refractivity contribution is 0.173. The van der Waals surface area contributed by atoms with Crippen LogP contribution in [0.3, 0.4) is 0 Å². The average Bonchev–Trinajstić information content (AvgIpc) is 3.27. The zero-order valence-corrected chi connectivity index (χ0v) is 11.4. The molecule has 1 aromatic carbocycles. The van der Waals surface area contributed by atoms with Crippen LogP contribution in [-0.2, 0) is 13.0 Å². The third-order valence-electron chi connectivity index (χ3n) is 3.52. The highest BCUT2D eigenvalue weighted by Gasteiger charge is 2.31. The standard InChI is InChI=1S/C15H22N2O2/c1-2-12-5-3-4-6-13(12)11-16-15(19)17(9-10-18)14-7-8-14/h3-6,14,18H,2,7-11H2,1H3,(H,16,19). The minimum Gasteiger partial charge on any atom is -0.395 e. The number of aryl methyl sites for hydroxylation is 1. The lowest BCUT2D eigenvalue weighted by atomic mass is 10.1. The quantitative estimate of drug-likeness (QED) is 0.823. The van der Waals surface area contributed by atoms with Gasteiger partial charge in [0.25, 0.3) is 0 Å². The van der Waals surface area contributed by atoms with E-state index in [9.17, 15) is 4.79 Å². The summed E-state index contributed by atoms with van der Waals surface area (Å²) in [4.78, 5) is 13.8. The first kappa shape index (κ1) is 13.9. The van der Waals surface area contributed by atoms with Crippen LogP contribution >= 0.6 is 0 Å². The van der Waals surface area contributed by atoms with Gasteiger partial charge in [-0.15, -0.1) is 0 Å². The van der Waals surface area contributed by atoms with Crippen molar-refractivity contribution in [3.8, 4) is 0 Å². The van der Waals surface area contributed by atoms with E-state index in [1.165, 1.54) is 5.56 Å². The van der Waals surface area contributed by atoms with E-state index in [4.69, 9.17) is 5.11 Å². The van der Waals surface area contributed by atoms with Crippen molar-refractivity contribution in [3.63, 3.8) is 0 Å². The maximum atomic E-state index is 12.1. The third kappa shape index (κ3) is 3.70. The van der Waals surface area contributed by atoms with Gasteiger partial charge in [-0.1, -0.05) is 31.2 Å². The van der Waals surface area contributed by atoms with Crippen LogP contribution in [0, 0.1) is 0 Å². The third-order valence-corrected chi connectivity index (χ3v) is 3.52. The molecule has 0 atom stereocenters. The Kier molecular flexibility index (Phi) is 4.80. The molecule has 1 saturated carbocycles. The predicted octanol–water partition coefficient (Wildman–Crippen LogP) is 1.92. The molecule has 0 saturated heterocycles. The molecule has 4 heteroatoms. The molecule has 0 aromatic heterocycles. The van der Waals surface area contributed by atoms with Gasteiger partial charge in [-0.25, -0.2) is 4.79 Å². The summed E-state index contributed by atoms with van der Waals surface area (Å²) in [5, 5.41) is 12.0.